The van der Waals surface area contributed by atoms with Gasteiger partial charge in [-0.05, 0) is 31.7 Å². The van der Waals surface area contributed by atoms with Crippen LogP contribution < -0.4 is 5.32 Å². The summed E-state index contributed by atoms with van der Waals surface area (Å²) in [6, 6.07) is 2.53. The molecule has 3 rings (SSSR count). The molecule has 0 aliphatic heterocycles. The van der Waals surface area contributed by atoms with Gasteiger partial charge in [-0.1, -0.05) is 17.7 Å². The molecule has 25 heavy (non-hydrogen) atoms. The van der Waals surface area contributed by atoms with Crippen LogP contribution in [0.4, 0.5) is 8.78 Å². The van der Waals surface area contributed by atoms with Gasteiger partial charge in [-0.3, -0.25) is 9.48 Å². The second kappa shape index (κ2) is 6.72. The molecule has 0 bridgehead atoms. The van der Waals surface area contributed by atoms with E-state index in [1.54, 1.807) is 14.0 Å². The van der Waals surface area contributed by atoms with Crippen molar-refractivity contribution in [3.63, 3.8) is 0 Å². The second-order valence-corrected chi connectivity index (χ2v) is 6.75. The first-order chi connectivity index (χ1) is 11.8. The number of aromatic nitrogens is 2. The van der Waals surface area contributed by atoms with Crippen molar-refractivity contribution in [3.8, 4) is 0 Å². The molecule has 1 heterocycles. The Hall–Kier alpha value is -1.99. The zero-order valence-corrected chi connectivity index (χ0v) is 14.5. The number of nitrogens with zero attached hydrogens (tertiary/aromatic N) is 2. The monoisotopic (exact) mass is 369 g/mol. The fraction of sp³-hybridized carbons (Fsp3) is 0.412. The summed E-state index contributed by atoms with van der Waals surface area (Å²) in [4.78, 5) is 12.6. The van der Waals surface area contributed by atoms with E-state index >= 15 is 0 Å². The van der Waals surface area contributed by atoms with Gasteiger partial charge in [0.15, 0.2) is 5.69 Å². The number of carbonyl (C=O) groups excluding carboxylic acids is 1. The molecular weight excluding hydrogens is 352 g/mol. The number of carbonyl (C=O) groups is 1. The predicted octanol–water partition coefficient (Wildman–Crippen LogP) is 2.90. The second-order valence-electron chi connectivity index (χ2n) is 6.37. The number of halogens is 3. The third kappa shape index (κ3) is 3.39. The molecule has 0 unspecified atom stereocenters. The summed E-state index contributed by atoms with van der Waals surface area (Å²) < 4.78 is 28.9. The highest BCUT2D eigenvalue weighted by Crippen LogP contribution is 2.39. The number of hydrogen-bond donors (Lipinski definition) is 2. The van der Waals surface area contributed by atoms with E-state index < -0.39 is 29.7 Å². The van der Waals surface area contributed by atoms with Crippen molar-refractivity contribution in [2.75, 3.05) is 0 Å². The van der Waals surface area contributed by atoms with Gasteiger partial charge in [0.1, 0.15) is 11.6 Å². The summed E-state index contributed by atoms with van der Waals surface area (Å²) in [5.74, 6) is -2.12. The van der Waals surface area contributed by atoms with Gasteiger partial charge in [0.05, 0.1) is 22.9 Å². The molecule has 1 aromatic heterocycles. The number of rotatable bonds is 4. The van der Waals surface area contributed by atoms with Gasteiger partial charge < -0.3 is 10.4 Å². The molecule has 0 spiro atoms. The summed E-state index contributed by atoms with van der Waals surface area (Å²) in [7, 11) is 1.66. The van der Waals surface area contributed by atoms with E-state index in [0.717, 1.165) is 12.1 Å². The fourth-order valence-corrected chi connectivity index (χ4v) is 3.29. The Kier molecular flexibility index (Phi) is 4.79. The van der Waals surface area contributed by atoms with Crippen molar-refractivity contribution in [1.29, 1.82) is 0 Å². The minimum absolute atomic E-state index is 0.0501. The number of amides is 1. The van der Waals surface area contributed by atoms with Crippen LogP contribution in [0.15, 0.2) is 18.2 Å². The average Bonchev–Trinajstić information content (AvgIpc) is 2.78. The Morgan fingerprint density at radius 2 is 2.12 bits per heavy atom. The van der Waals surface area contributed by atoms with Crippen LogP contribution in [0.1, 0.15) is 40.6 Å². The molecule has 1 aliphatic rings. The number of aliphatic hydroxyl groups excluding tert-OH is 1. The van der Waals surface area contributed by atoms with Gasteiger partial charge in [0.2, 0.25) is 0 Å². The molecular formula is C17H18ClF2N3O2. The van der Waals surface area contributed by atoms with Crippen LogP contribution in [0.2, 0.25) is 5.02 Å². The Balaban J connectivity index is 1.90. The van der Waals surface area contributed by atoms with Gasteiger partial charge in [0.25, 0.3) is 5.91 Å². The van der Waals surface area contributed by atoms with E-state index in [4.69, 9.17) is 11.6 Å². The number of aliphatic hydroxyl groups is 1. The van der Waals surface area contributed by atoms with Gasteiger partial charge in [-0.15, -0.1) is 0 Å². The maximum absolute atomic E-state index is 14.2. The van der Waals surface area contributed by atoms with Crippen molar-refractivity contribution in [2.24, 2.45) is 13.0 Å². The molecule has 1 amide bonds. The van der Waals surface area contributed by atoms with Crippen molar-refractivity contribution >= 4 is 17.5 Å². The minimum atomic E-state index is -0.741. The first-order valence-electron chi connectivity index (χ1n) is 7.91. The fourth-order valence-electron chi connectivity index (χ4n) is 3.04. The van der Waals surface area contributed by atoms with Crippen LogP contribution >= 0.6 is 11.6 Å². The maximum Gasteiger partial charge on any atom is 0.273 e. The highest BCUT2D eigenvalue weighted by molar-refractivity contribution is 6.34. The van der Waals surface area contributed by atoms with Gasteiger partial charge in [0, 0.05) is 18.7 Å². The minimum Gasteiger partial charge on any atom is -0.393 e. The first-order valence-corrected chi connectivity index (χ1v) is 8.28. The molecule has 1 fully saturated rings. The lowest BCUT2D eigenvalue weighted by atomic mass is 9.75. The number of hydrogen-bond acceptors (Lipinski definition) is 3. The van der Waals surface area contributed by atoms with E-state index in [0.29, 0.717) is 18.5 Å². The van der Waals surface area contributed by atoms with E-state index in [9.17, 15) is 18.7 Å². The third-order valence-corrected chi connectivity index (χ3v) is 5.13. The van der Waals surface area contributed by atoms with E-state index in [1.165, 1.54) is 10.7 Å². The van der Waals surface area contributed by atoms with Gasteiger partial charge >= 0.3 is 0 Å². The lowest BCUT2D eigenvalue weighted by Gasteiger charge is -2.38. The summed E-state index contributed by atoms with van der Waals surface area (Å²) in [5.41, 5.74) is 0.861. The molecule has 1 saturated carbocycles. The van der Waals surface area contributed by atoms with E-state index in [2.05, 4.69) is 10.4 Å². The quantitative estimate of drug-likeness (QED) is 0.870. The van der Waals surface area contributed by atoms with Crippen molar-refractivity contribution in [3.05, 3.63) is 51.8 Å². The van der Waals surface area contributed by atoms with Crippen molar-refractivity contribution < 1.29 is 18.7 Å². The van der Waals surface area contributed by atoms with Crippen LogP contribution in [0, 0.1) is 24.5 Å². The van der Waals surface area contributed by atoms with Crippen molar-refractivity contribution in [1.82, 2.24) is 15.1 Å². The Labute approximate surface area is 148 Å². The van der Waals surface area contributed by atoms with Gasteiger partial charge in [-0.25, -0.2) is 8.78 Å². The Bertz CT molecular complexity index is 818. The number of benzene rings is 1. The molecule has 5 nitrogen and oxygen atoms in total. The predicted molar refractivity (Wildman–Crippen MR) is 88.3 cm³/mol. The van der Waals surface area contributed by atoms with Crippen LogP contribution in [-0.2, 0) is 7.05 Å². The third-order valence-electron chi connectivity index (χ3n) is 4.68. The zero-order valence-electron chi connectivity index (χ0n) is 13.8. The van der Waals surface area contributed by atoms with Gasteiger partial charge in [-0.2, -0.15) is 5.10 Å². The van der Waals surface area contributed by atoms with E-state index in [-0.39, 0.29) is 22.2 Å². The highest BCUT2D eigenvalue weighted by Gasteiger charge is 2.37. The molecule has 0 saturated heterocycles. The largest absolute Gasteiger partial charge is 0.393 e. The zero-order chi connectivity index (χ0) is 18.3. The molecule has 1 aliphatic carbocycles. The van der Waals surface area contributed by atoms with E-state index in [1.807, 2.05) is 0 Å². The number of aryl methyl sites for hydroxylation is 1. The molecule has 2 N–H and O–H groups in total. The molecule has 134 valence electrons. The lowest BCUT2D eigenvalue weighted by molar-refractivity contribution is 0.0228. The molecule has 0 radical (unpaired) electrons. The van der Waals surface area contributed by atoms with Crippen LogP contribution in [0.25, 0.3) is 0 Å². The summed E-state index contributed by atoms with van der Waals surface area (Å²) in [5, 5.41) is 16.6. The molecule has 2 aromatic rings. The first kappa shape index (κ1) is 17.8. The Morgan fingerprint density at radius 3 is 2.64 bits per heavy atom. The summed E-state index contributed by atoms with van der Waals surface area (Å²) in [6.45, 7) is 1.73. The van der Waals surface area contributed by atoms with Crippen LogP contribution in [-0.4, -0.2) is 26.9 Å². The Morgan fingerprint density at radius 1 is 1.44 bits per heavy atom. The molecule has 1 atom stereocenters. The number of nitrogens with one attached hydrogen (secondary N) is 1. The summed E-state index contributed by atoms with van der Waals surface area (Å²) in [6.07, 6.45) is 0.376. The average molecular weight is 370 g/mol. The normalized spacial score (nSPS) is 20.9. The standard InChI is InChI=1S/C17H18ClF2N3O2/c1-8-14(18)16(22-23(8)2)17(25)21-15(9-5-11(24)6-9)12-4-3-10(19)7-13(12)20/h3-4,7,9,11,15,24H,5-6H2,1-2H3,(H,21,25)/t9?,11?,15-/m0/s1. The molecule has 8 heteroatoms. The molecule has 1 aromatic carbocycles. The topological polar surface area (TPSA) is 67.2 Å². The maximum atomic E-state index is 14.2. The van der Waals surface area contributed by atoms with Crippen LogP contribution in [0.3, 0.4) is 0 Å². The summed E-state index contributed by atoms with van der Waals surface area (Å²) >= 11 is 6.13. The SMILES string of the molecule is Cc1c(Cl)c(C(=O)N[C@H](c2ccc(F)cc2F)C2CC(O)C2)nn1C. The van der Waals surface area contributed by atoms with Crippen molar-refractivity contribution in [2.45, 2.75) is 31.9 Å². The smallest absolute Gasteiger partial charge is 0.273 e. The lowest BCUT2D eigenvalue weighted by Crippen LogP contribution is -2.42. The highest BCUT2D eigenvalue weighted by atomic mass is 35.5. The van der Waals surface area contributed by atoms with Crippen LogP contribution in [0.5, 0.6) is 0 Å².